The molecule has 2 aliphatic heterocycles. The zero-order valence-corrected chi connectivity index (χ0v) is 17.8. The molecular weight excluding hydrogens is 412 g/mol. The fourth-order valence-electron chi connectivity index (χ4n) is 3.91. The van der Waals surface area contributed by atoms with Gasteiger partial charge in [-0.3, -0.25) is 14.9 Å². The molecule has 1 aromatic rings. The number of carboxylic acid groups (broad SMARTS) is 2. The molecule has 3 N–H and O–H groups in total. The van der Waals surface area contributed by atoms with Gasteiger partial charge in [-0.05, 0) is 31.7 Å². The first kappa shape index (κ1) is 22.0. The van der Waals surface area contributed by atoms with Crippen molar-refractivity contribution >= 4 is 41.4 Å². The molecule has 1 amide bonds. The van der Waals surface area contributed by atoms with Crippen molar-refractivity contribution in [2.75, 3.05) is 11.6 Å². The molecule has 5 atom stereocenters. The van der Waals surface area contributed by atoms with Gasteiger partial charge in [-0.25, -0.2) is 4.79 Å². The van der Waals surface area contributed by atoms with Crippen LogP contribution in [0.5, 0.6) is 0 Å². The number of hydrogen-bond donors (Lipinski definition) is 3. The topological polar surface area (TPSA) is 107 Å². The number of carboxylic acids is 2. The number of aliphatic carboxylic acids is 2. The van der Waals surface area contributed by atoms with E-state index in [9.17, 15) is 24.6 Å². The molecule has 158 valence electrons. The largest absolute Gasteiger partial charge is 0.480 e. The molecule has 0 radical (unpaired) electrons. The molecule has 0 aliphatic carbocycles. The second kappa shape index (κ2) is 9.86. The van der Waals surface area contributed by atoms with Gasteiger partial charge in [0.15, 0.2) is 0 Å². The van der Waals surface area contributed by atoms with Crippen molar-refractivity contribution < 1.29 is 24.6 Å². The number of amides is 1. The lowest BCUT2D eigenvalue weighted by molar-refractivity contribution is -0.152. The van der Waals surface area contributed by atoms with E-state index in [1.54, 1.807) is 30.4 Å². The minimum Gasteiger partial charge on any atom is -0.480 e. The van der Waals surface area contributed by atoms with Crippen LogP contribution in [0.3, 0.4) is 0 Å². The summed E-state index contributed by atoms with van der Waals surface area (Å²) in [7, 11) is 0. The summed E-state index contributed by atoms with van der Waals surface area (Å²) in [5.41, 5.74) is 1.03. The number of hydrogen-bond acceptors (Lipinski definition) is 6. The van der Waals surface area contributed by atoms with E-state index in [-0.39, 0.29) is 16.4 Å². The van der Waals surface area contributed by atoms with E-state index >= 15 is 0 Å². The first-order chi connectivity index (χ1) is 13.9. The summed E-state index contributed by atoms with van der Waals surface area (Å²) in [5.74, 6) is -2.36. The molecule has 7 nitrogen and oxygen atoms in total. The average molecular weight is 439 g/mol. The molecule has 0 spiro atoms. The normalized spacial score (nSPS) is 25.8. The van der Waals surface area contributed by atoms with Crippen LogP contribution in [0.1, 0.15) is 25.3 Å². The Kier molecular flexibility index (Phi) is 7.48. The van der Waals surface area contributed by atoms with Gasteiger partial charge in [0.05, 0.1) is 6.04 Å². The predicted octanol–water partition coefficient (Wildman–Crippen LogP) is 1.91. The molecule has 0 bridgehead atoms. The van der Waals surface area contributed by atoms with Crippen LogP contribution in [-0.4, -0.2) is 73.2 Å². The first-order valence-corrected chi connectivity index (χ1v) is 11.8. The van der Waals surface area contributed by atoms with Gasteiger partial charge in [0, 0.05) is 22.1 Å². The Bertz CT molecular complexity index is 748. The quantitative estimate of drug-likeness (QED) is 0.565. The van der Waals surface area contributed by atoms with Crippen molar-refractivity contribution in [3.05, 3.63) is 35.9 Å². The smallest absolute Gasteiger partial charge is 0.327 e. The lowest BCUT2D eigenvalue weighted by atomic mass is 9.99. The third kappa shape index (κ3) is 5.26. The molecule has 2 heterocycles. The highest BCUT2D eigenvalue weighted by Crippen LogP contribution is 2.44. The fourth-order valence-corrected chi connectivity index (χ4v) is 7.43. The molecule has 1 aromatic carbocycles. The fraction of sp³-hybridized carbons (Fsp3) is 0.550. The molecule has 0 saturated carbocycles. The number of thioether (sulfide) groups is 2. The van der Waals surface area contributed by atoms with Gasteiger partial charge < -0.3 is 15.1 Å². The molecule has 2 fully saturated rings. The van der Waals surface area contributed by atoms with Crippen molar-refractivity contribution in [1.29, 1.82) is 0 Å². The number of nitrogens with one attached hydrogen (secondary N) is 1. The maximum atomic E-state index is 13.0. The lowest BCUT2D eigenvalue weighted by Crippen LogP contribution is -2.61. The Hall–Kier alpha value is -1.71. The third-order valence-corrected chi connectivity index (χ3v) is 8.62. The Morgan fingerprint density at radius 1 is 1.21 bits per heavy atom. The average Bonchev–Trinajstić information content (AvgIpc) is 3.18. The Labute approximate surface area is 178 Å². The lowest BCUT2D eigenvalue weighted by Gasteiger charge is -2.41. The molecule has 9 heteroatoms. The van der Waals surface area contributed by atoms with Crippen molar-refractivity contribution in [1.82, 2.24) is 10.2 Å². The summed E-state index contributed by atoms with van der Waals surface area (Å²) in [4.78, 5) is 38.0. The summed E-state index contributed by atoms with van der Waals surface area (Å²) >= 11 is 3.35. The van der Waals surface area contributed by atoms with E-state index < -0.39 is 30.1 Å². The van der Waals surface area contributed by atoms with Crippen LogP contribution >= 0.6 is 23.5 Å². The highest BCUT2D eigenvalue weighted by Gasteiger charge is 2.48. The monoisotopic (exact) mass is 438 g/mol. The van der Waals surface area contributed by atoms with Gasteiger partial charge in [0.25, 0.3) is 0 Å². The van der Waals surface area contributed by atoms with Gasteiger partial charge in [-0.1, -0.05) is 30.3 Å². The number of fused-ring (bicyclic) bond motifs is 1. The Balaban J connectivity index is 1.64. The first-order valence-electron chi connectivity index (χ1n) is 9.67. The van der Waals surface area contributed by atoms with E-state index in [4.69, 9.17) is 0 Å². The number of aryl methyl sites for hydroxylation is 1. The molecular formula is C20H26N2O5S2. The zero-order valence-electron chi connectivity index (χ0n) is 16.2. The SMILES string of the molecule is CC(N[C@@H](CCc1ccccc1)C(=O)O)C(=O)N1CCC2SCSC2[C@@H]1C(=O)O. The summed E-state index contributed by atoms with van der Waals surface area (Å²) in [6.45, 7) is 2.00. The maximum absolute atomic E-state index is 13.0. The third-order valence-electron chi connectivity index (χ3n) is 5.43. The number of nitrogens with zero attached hydrogens (tertiary/aromatic N) is 1. The van der Waals surface area contributed by atoms with Crippen LogP contribution < -0.4 is 5.32 Å². The molecule has 2 aliphatic rings. The van der Waals surface area contributed by atoms with Crippen LogP contribution in [-0.2, 0) is 20.8 Å². The van der Waals surface area contributed by atoms with E-state index in [2.05, 4.69) is 5.32 Å². The molecule has 3 unspecified atom stereocenters. The Morgan fingerprint density at radius 2 is 1.93 bits per heavy atom. The second-order valence-corrected chi connectivity index (χ2v) is 10.1. The molecule has 0 aromatic heterocycles. The van der Waals surface area contributed by atoms with Gasteiger partial charge in [0.2, 0.25) is 5.91 Å². The van der Waals surface area contributed by atoms with Crippen LogP contribution in [0.4, 0.5) is 0 Å². The highest BCUT2D eigenvalue weighted by molar-refractivity contribution is 8.19. The number of carbonyl (C=O) groups excluding carboxylic acids is 1. The number of piperidine rings is 1. The van der Waals surface area contributed by atoms with Gasteiger partial charge in [-0.15, -0.1) is 23.5 Å². The number of benzene rings is 1. The highest BCUT2D eigenvalue weighted by atomic mass is 32.2. The van der Waals surface area contributed by atoms with Crippen molar-refractivity contribution in [2.24, 2.45) is 0 Å². The van der Waals surface area contributed by atoms with Crippen molar-refractivity contribution in [3.8, 4) is 0 Å². The van der Waals surface area contributed by atoms with Gasteiger partial charge in [0.1, 0.15) is 12.1 Å². The van der Waals surface area contributed by atoms with Crippen LogP contribution in [0.2, 0.25) is 0 Å². The summed E-state index contributed by atoms with van der Waals surface area (Å²) in [6, 6.07) is 7.06. The summed E-state index contributed by atoms with van der Waals surface area (Å²) < 4.78 is 0. The zero-order chi connectivity index (χ0) is 21.0. The molecule has 3 rings (SSSR count). The number of carbonyl (C=O) groups is 3. The van der Waals surface area contributed by atoms with Crippen LogP contribution in [0.15, 0.2) is 30.3 Å². The molecule has 29 heavy (non-hydrogen) atoms. The maximum Gasteiger partial charge on any atom is 0.327 e. The standard InChI is InChI=1S/C20H26N2O5S2/c1-12(21-14(19(24)25)8-7-13-5-3-2-4-6-13)18(23)22-10-9-15-17(29-11-28-15)16(22)20(26)27/h2-6,12,14-17,21H,7-11H2,1H3,(H,24,25)(H,26,27)/t12?,14-,15?,16+,17?/m0/s1. The van der Waals surface area contributed by atoms with Crippen molar-refractivity contribution in [3.63, 3.8) is 0 Å². The van der Waals surface area contributed by atoms with E-state index in [0.717, 1.165) is 17.1 Å². The minimum absolute atomic E-state index is 0.115. The molecule has 2 saturated heterocycles. The van der Waals surface area contributed by atoms with E-state index in [0.29, 0.717) is 19.4 Å². The van der Waals surface area contributed by atoms with Crippen LogP contribution in [0, 0.1) is 0 Å². The van der Waals surface area contributed by atoms with Gasteiger partial charge in [-0.2, -0.15) is 0 Å². The van der Waals surface area contributed by atoms with Crippen LogP contribution in [0.25, 0.3) is 0 Å². The van der Waals surface area contributed by atoms with E-state index in [1.807, 2.05) is 30.3 Å². The van der Waals surface area contributed by atoms with Gasteiger partial charge >= 0.3 is 11.9 Å². The second-order valence-electron chi connectivity index (χ2n) is 7.36. The summed E-state index contributed by atoms with van der Waals surface area (Å²) in [6.07, 6.45) is 1.68. The number of likely N-dealkylation sites (tertiary alicyclic amines) is 1. The predicted molar refractivity (Wildman–Crippen MR) is 114 cm³/mol. The minimum atomic E-state index is -1.02. The Morgan fingerprint density at radius 3 is 2.59 bits per heavy atom. The van der Waals surface area contributed by atoms with Crippen molar-refractivity contribution in [2.45, 2.75) is 54.8 Å². The van der Waals surface area contributed by atoms with E-state index in [1.165, 1.54) is 4.90 Å². The summed E-state index contributed by atoms with van der Waals surface area (Å²) in [5, 5.41) is 23.2. The number of rotatable bonds is 8.